The minimum atomic E-state index is -3.60. The van der Waals surface area contributed by atoms with Crippen molar-refractivity contribution in [2.75, 3.05) is 11.6 Å². The second-order valence-electron chi connectivity index (χ2n) is 4.79. The molecule has 0 radical (unpaired) electrons. The number of carbonyl (C=O) groups is 1. The molecule has 24 heavy (non-hydrogen) atoms. The molecule has 0 spiro atoms. The molecule has 0 aliphatic heterocycles. The van der Waals surface area contributed by atoms with Gasteiger partial charge < -0.3 is 5.32 Å². The lowest BCUT2D eigenvalue weighted by Crippen LogP contribution is -2.13. The van der Waals surface area contributed by atoms with Gasteiger partial charge >= 0.3 is 0 Å². The third-order valence-electron chi connectivity index (χ3n) is 2.99. The zero-order valence-electron chi connectivity index (χ0n) is 12.1. The van der Waals surface area contributed by atoms with Crippen LogP contribution in [0.4, 0.5) is 11.4 Å². The van der Waals surface area contributed by atoms with Crippen molar-refractivity contribution in [3.8, 4) is 0 Å². The Balaban J connectivity index is 2.34. The zero-order valence-corrected chi connectivity index (χ0v) is 14.4. The molecule has 2 aromatic carbocycles. The van der Waals surface area contributed by atoms with Gasteiger partial charge in [-0.15, -0.1) is 0 Å². The smallest absolute Gasteiger partial charge is 0.289 e. The van der Waals surface area contributed by atoms with E-state index in [4.69, 9.17) is 23.2 Å². The van der Waals surface area contributed by atoms with Crippen LogP contribution in [0, 0.1) is 10.1 Å². The number of benzene rings is 2. The first kappa shape index (κ1) is 18.2. The fourth-order valence-corrected chi connectivity index (χ4v) is 3.35. The third kappa shape index (κ3) is 4.02. The predicted octanol–water partition coefficient (Wildman–Crippen LogP) is 3.56. The number of nitrogens with zero attached hydrogens (tertiary/aromatic N) is 1. The van der Waals surface area contributed by atoms with E-state index >= 15 is 0 Å². The standard InChI is InChI=1S/C14H10Cl2N2O5S/c1-24(22,23)13-6-8(2-4-11(13)16)14(19)17-9-3-5-10(15)12(7-9)18(20)21/h2-7H,1H3,(H,17,19). The van der Waals surface area contributed by atoms with E-state index in [-0.39, 0.29) is 31.9 Å². The van der Waals surface area contributed by atoms with Crippen molar-refractivity contribution in [1.82, 2.24) is 0 Å². The van der Waals surface area contributed by atoms with E-state index in [9.17, 15) is 23.3 Å². The molecule has 10 heteroatoms. The van der Waals surface area contributed by atoms with Gasteiger partial charge in [-0.25, -0.2) is 8.42 Å². The Bertz CT molecular complexity index is 944. The van der Waals surface area contributed by atoms with Crippen molar-refractivity contribution >= 4 is 50.3 Å². The van der Waals surface area contributed by atoms with Crippen LogP contribution in [0.2, 0.25) is 10.0 Å². The third-order valence-corrected chi connectivity index (χ3v) is 4.89. The van der Waals surface area contributed by atoms with Crippen LogP contribution in [0.5, 0.6) is 0 Å². The molecule has 0 aromatic heterocycles. The van der Waals surface area contributed by atoms with Crippen molar-refractivity contribution in [3.05, 3.63) is 62.1 Å². The Kier molecular flexibility index (Phi) is 5.12. The molecule has 0 heterocycles. The van der Waals surface area contributed by atoms with Gasteiger partial charge in [0.15, 0.2) is 9.84 Å². The summed E-state index contributed by atoms with van der Waals surface area (Å²) in [4.78, 5) is 22.2. The molecule has 2 rings (SSSR count). The highest BCUT2D eigenvalue weighted by atomic mass is 35.5. The zero-order chi connectivity index (χ0) is 18.1. The Labute approximate surface area is 147 Å². The van der Waals surface area contributed by atoms with Gasteiger partial charge in [-0.05, 0) is 30.3 Å². The molecule has 1 amide bonds. The lowest BCUT2D eigenvalue weighted by molar-refractivity contribution is -0.384. The number of nitro groups is 1. The highest BCUT2D eigenvalue weighted by Crippen LogP contribution is 2.28. The van der Waals surface area contributed by atoms with Crippen molar-refractivity contribution in [3.63, 3.8) is 0 Å². The molecule has 0 bridgehead atoms. The minimum absolute atomic E-state index is 0.00354. The first-order valence-corrected chi connectivity index (χ1v) is 8.99. The van der Waals surface area contributed by atoms with Gasteiger partial charge in [0.05, 0.1) is 14.8 Å². The number of hydrogen-bond acceptors (Lipinski definition) is 5. The number of hydrogen-bond donors (Lipinski definition) is 1. The molecule has 0 unspecified atom stereocenters. The van der Waals surface area contributed by atoms with Crippen LogP contribution in [-0.2, 0) is 9.84 Å². The number of halogens is 2. The van der Waals surface area contributed by atoms with Gasteiger partial charge in [0.1, 0.15) is 5.02 Å². The number of sulfone groups is 1. The molecule has 7 nitrogen and oxygen atoms in total. The summed E-state index contributed by atoms with van der Waals surface area (Å²) in [6.07, 6.45) is 0.971. The Morgan fingerprint density at radius 2 is 1.75 bits per heavy atom. The molecule has 0 aliphatic rings. The van der Waals surface area contributed by atoms with Crippen LogP contribution in [-0.4, -0.2) is 25.5 Å². The molecule has 0 fully saturated rings. The van der Waals surface area contributed by atoms with Crippen LogP contribution in [0.3, 0.4) is 0 Å². The maximum Gasteiger partial charge on any atom is 0.289 e. The molecular weight excluding hydrogens is 379 g/mol. The maximum absolute atomic E-state index is 12.2. The Morgan fingerprint density at radius 3 is 2.33 bits per heavy atom. The summed E-state index contributed by atoms with van der Waals surface area (Å²) in [5.74, 6) is -0.645. The average Bonchev–Trinajstić information content (AvgIpc) is 2.48. The molecule has 126 valence electrons. The van der Waals surface area contributed by atoms with E-state index in [0.717, 1.165) is 18.4 Å². The quantitative estimate of drug-likeness (QED) is 0.636. The summed E-state index contributed by atoms with van der Waals surface area (Å²) in [6, 6.07) is 7.54. The summed E-state index contributed by atoms with van der Waals surface area (Å²) >= 11 is 11.5. The fraction of sp³-hybridized carbons (Fsp3) is 0.0714. The first-order chi connectivity index (χ1) is 11.1. The van der Waals surface area contributed by atoms with E-state index < -0.39 is 20.7 Å². The van der Waals surface area contributed by atoms with Crippen LogP contribution in [0.25, 0.3) is 0 Å². The molecule has 0 aliphatic carbocycles. The van der Waals surface area contributed by atoms with E-state index in [1.54, 1.807) is 0 Å². The number of rotatable bonds is 4. The van der Waals surface area contributed by atoms with Gasteiger partial charge in [-0.2, -0.15) is 0 Å². The summed E-state index contributed by atoms with van der Waals surface area (Å²) in [5, 5.41) is 13.2. The lowest BCUT2D eigenvalue weighted by Gasteiger charge is -2.08. The number of carbonyl (C=O) groups excluding carboxylic acids is 1. The predicted molar refractivity (Wildman–Crippen MR) is 90.6 cm³/mol. The Hall–Kier alpha value is -2.16. The normalized spacial score (nSPS) is 11.1. The van der Waals surface area contributed by atoms with Gasteiger partial charge in [-0.3, -0.25) is 14.9 Å². The van der Waals surface area contributed by atoms with Crippen molar-refractivity contribution in [2.24, 2.45) is 0 Å². The topological polar surface area (TPSA) is 106 Å². The van der Waals surface area contributed by atoms with E-state index in [0.29, 0.717) is 0 Å². The van der Waals surface area contributed by atoms with Crippen molar-refractivity contribution < 1.29 is 18.1 Å². The molecule has 0 saturated heterocycles. The van der Waals surface area contributed by atoms with Gasteiger partial charge in [0, 0.05) is 23.6 Å². The summed E-state index contributed by atoms with van der Waals surface area (Å²) in [6.45, 7) is 0. The van der Waals surface area contributed by atoms with E-state index in [1.807, 2.05) is 0 Å². The second kappa shape index (κ2) is 6.76. The van der Waals surface area contributed by atoms with Crippen LogP contribution >= 0.6 is 23.2 Å². The minimum Gasteiger partial charge on any atom is -0.322 e. The highest BCUT2D eigenvalue weighted by molar-refractivity contribution is 7.90. The molecule has 2 aromatic rings. The van der Waals surface area contributed by atoms with E-state index in [1.165, 1.54) is 24.3 Å². The SMILES string of the molecule is CS(=O)(=O)c1cc(C(=O)Nc2ccc(Cl)c([N+](=O)[O-])c2)ccc1Cl. The maximum atomic E-state index is 12.2. The Morgan fingerprint density at radius 1 is 1.12 bits per heavy atom. The number of nitro benzene ring substituents is 1. The van der Waals surface area contributed by atoms with Gasteiger partial charge in [0.25, 0.3) is 11.6 Å². The van der Waals surface area contributed by atoms with Crippen molar-refractivity contribution in [2.45, 2.75) is 4.90 Å². The number of amides is 1. The largest absolute Gasteiger partial charge is 0.322 e. The van der Waals surface area contributed by atoms with Crippen LogP contribution in [0.1, 0.15) is 10.4 Å². The van der Waals surface area contributed by atoms with Gasteiger partial charge in [-0.1, -0.05) is 23.2 Å². The summed E-state index contributed by atoms with van der Waals surface area (Å²) < 4.78 is 23.3. The molecular formula is C14H10Cl2N2O5S. The number of nitrogens with one attached hydrogen (secondary N) is 1. The average molecular weight is 389 g/mol. The number of anilines is 1. The first-order valence-electron chi connectivity index (χ1n) is 6.34. The monoisotopic (exact) mass is 388 g/mol. The second-order valence-corrected chi connectivity index (χ2v) is 7.59. The molecule has 0 saturated carbocycles. The van der Waals surface area contributed by atoms with E-state index in [2.05, 4.69) is 5.32 Å². The fourth-order valence-electron chi connectivity index (χ4n) is 1.86. The molecule has 1 N–H and O–H groups in total. The van der Waals surface area contributed by atoms with Crippen LogP contribution < -0.4 is 5.32 Å². The lowest BCUT2D eigenvalue weighted by atomic mass is 10.2. The van der Waals surface area contributed by atoms with Gasteiger partial charge in [0.2, 0.25) is 0 Å². The summed E-state index contributed by atoms with van der Waals surface area (Å²) in [5.41, 5.74) is -0.174. The summed E-state index contributed by atoms with van der Waals surface area (Å²) in [7, 11) is -3.60. The molecule has 0 atom stereocenters. The van der Waals surface area contributed by atoms with Crippen molar-refractivity contribution in [1.29, 1.82) is 0 Å². The van der Waals surface area contributed by atoms with Crippen LogP contribution in [0.15, 0.2) is 41.3 Å². The highest BCUT2D eigenvalue weighted by Gasteiger charge is 2.17.